The standard InChI is InChI=1S/C68H46N6/c1-68(2)55-32-17-15-31-52(55)64-63(68)62-60(74(64)49-27-13-6-14-28-49)39-38-59-61(62)54-42-46(45-34-36-57-53(41-45)51-30-16-18-33-56(51)72(57)48-25-11-5-12-26-48)35-37-58(54)73(59)50-29-19-24-47(40-50)67-70-65(43-20-7-3-8-21-43)69-66(71-67)44-22-9-4-10-23-44/h3-42H,1-2H3. The van der Waals surface area contributed by atoms with Crippen LogP contribution in [0.1, 0.15) is 25.0 Å². The Bertz CT molecular complexity index is 4490. The van der Waals surface area contributed by atoms with Gasteiger partial charge in [-0.3, -0.25) is 0 Å². The van der Waals surface area contributed by atoms with Crippen molar-refractivity contribution in [2.24, 2.45) is 0 Å². The third-order valence-corrected chi connectivity index (χ3v) is 15.4. The number of aromatic nitrogens is 6. The molecule has 15 rings (SSSR count). The van der Waals surface area contributed by atoms with Gasteiger partial charge in [0.1, 0.15) is 0 Å². The van der Waals surface area contributed by atoms with E-state index in [9.17, 15) is 0 Å². The fourth-order valence-electron chi connectivity index (χ4n) is 12.2. The molecular weight excluding hydrogens is 901 g/mol. The van der Waals surface area contributed by atoms with Gasteiger partial charge in [-0.2, -0.15) is 0 Å². The van der Waals surface area contributed by atoms with Gasteiger partial charge < -0.3 is 13.7 Å². The zero-order chi connectivity index (χ0) is 49.1. The molecule has 0 aliphatic heterocycles. The zero-order valence-corrected chi connectivity index (χ0v) is 40.8. The fraction of sp³-hybridized carbons (Fsp3) is 0.0441. The van der Waals surface area contributed by atoms with E-state index in [0.717, 1.165) is 50.3 Å². The van der Waals surface area contributed by atoms with Gasteiger partial charge in [-0.15, -0.1) is 0 Å². The molecule has 0 saturated heterocycles. The predicted molar refractivity (Wildman–Crippen MR) is 305 cm³/mol. The Hall–Kier alpha value is -9.65. The molecule has 1 aliphatic carbocycles. The Balaban J connectivity index is 1.00. The number of benzene rings is 10. The van der Waals surface area contributed by atoms with Crippen molar-refractivity contribution >= 4 is 54.5 Å². The molecule has 0 fully saturated rings. The zero-order valence-electron chi connectivity index (χ0n) is 40.8. The molecule has 74 heavy (non-hydrogen) atoms. The lowest BCUT2D eigenvalue weighted by molar-refractivity contribution is 0.666. The molecule has 0 atom stereocenters. The highest BCUT2D eigenvalue weighted by Gasteiger charge is 2.41. The van der Waals surface area contributed by atoms with Crippen LogP contribution in [-0.2, 0) is 5.41 Å². The van der Waals surface area contributed by atoms with Gasteiger partial charge in [0.15, 0.2) is 17.5 Å². The van der Waals surface area contributed by atoms with E-state index in [1.807, 2.05) is 36.4 Å². The second kappa shape index (κ2) is 16.2. The molecule has 6 nitrogen and oxygen atoms in total. The first-order valence-corrected chi connectivity index (χ1v) is 25.4. The van der Waals surface area contributed by atoms with Crippen LogP contribution in [0.5, 0.6) is 0 Å². The lowest BCUT2D eigenvalue weighted by Gasteiger charge is -2.21. The highest BCUT2D eigenvalue weighted by atomic mass is 15.0. The van der Waals surface area contributed by atoms with Gasteiger partial charge in [0.05, 0.1) is 33.3 Å². The monoisotopic (exact) mass is 946 g/mol. The summed E-state index contributed by atoms with van der Waals surface area (Å²) in [5, 5.41) is 6.16. The first-order valence-electron chi connectivity index (χ1n) is 25.4. The molecule has 0 spiro atoms. The van der Waals surface area contributed by atoms with Crippen LogP contribution < -0.4 is 0 Å². The second-order valence-corrected chi connectivity index (χ2v) is 20.0. The number of nitrogens with zero attached hydrogens (tertiary/aromatic N) is 6. The summed E-state index contributed by atoms with van der Waals surface area (Å²) < 4.78 is 7.35. The van der Waals surface area contributed by atoms with Gasteiger partial charge in [0, 0.05) is 71.7 Å². The third-order valence-electron chi connectivity index (χ3n) is 15.4. The highest BCUT2D eigenvalue weighted by molar-refractivity contribution is 6.25. The molecule has 0 bridgehead atoms. The Morgan fingerprint density at radius 1 is 0.311 bits per heavy atom. The van der Waals surface area contributed by atoms with E-state index in [1.54, 1.807) is 0 Å². The van der Waals surface area contributed by atoms with Gasteiger partial charge in [-0.05, 0) is 101 Å². The highest BCUT2D eigenvalue weighted by Crippen LogP contribution is 2.56. The van der Waals surface area contributed by atoms with Crippen LogP contribution in [0, 0.1) is 0 Å². The number of para-hydroxylation sites is 3. The third kappa shape index (κ3) is 6.28. The summed E-state index contributed by atoms with van der Waals surface area (Å²) in [7, 11) is 0. The summed E-state index contributed by atoms with van der Waals surface area (Å²) in [6, 6.07) is 87.2. The van der Waals surface area contributed by atoms with E-state index in [0.29, 0.717) is 17.5 Å². The molecule has 0 radical (unpaired) electrons. The minimum absolute atomic E-state index is 0.284. The summed E-state index contributed by atoms with van der Waals surface area (Å²) in [6.45, 7) is 4.81. The van der Waals surface area contributed by atoms with Crippen molar-refractivity contribution in [3.8, 4) is 73.6 Å². The summed E-state index contributed by atoms with van der Waals surface area (Å²) in [5.41, 5.74) is 19.2. The number of fused-ring (bicyclic) bond motifs is 12. The summed E-state index contributed by atoms with van der Waals surface area (Å²) >= 11 is 0. The van der Waals surface area contributed by atoms with Gasteiger partial charge in [0.25, 0.3) is 0 Å². The Morgan fingerprint density at radius 3 is 1.43 bits per heavy atom. The predicted octanol–water partition coefficient (Wildman–Crippen LogP) is 17.0. The Labute approximate surface area is 427 Å². The van der Waals surface area contributed by atoms with E-state index in [4.69, 9.17) is 15.0 Å². The first-order chi connectivity index (χ1) is 36.5. The van der Waals surface area contributed by atoms with Crippen molar-refractivity contribution in [3.05, 3.63) is 254 Å². The number of hydrogen-bond acceptors (Lipinski definition) is 3. The quantitative estimate of drug-likeness (QED) is 0.160. The van der Waals surface area contributed by atoms with E-state index in [1.165, 1.54) is 71.4 Å². The minimum atomic E-state index is -0.284. The average molecular weight is 947 g/mol. The molecule has 1 aliphatic rings. The number of hydrogen-bond donors (Lipinski definition) is 0. The van der Waals surface area contributed by atoms with Crippen LogP contribution in [-0.4, -0.2) is 28.7 Å². The molecule has 0 N–H and O–H groups in total. The van der Waals surface area contributed by atoms with Crippen LogP contribution in [0.4, 0.5) is 0 Å². The first kappa shape index (κ1) is 42.1. The van der Waals surface area contributed by atoms with Crippen LogP contribution in [0.15, 0.2) is 243 Å². The van der Waals surface area contributed by atoms with Crippen LogP contribution in [0.3, 0.4) is 0 Å². The maximum Gasteiger partial charge on any atom is 0.164 e. The minimum Gasteiger partial charge on any atom is -0.309 e. The van der Waals surface area contributed by atoms with Gasteiger partial charge in [-0.25, -0.2) is 15.0 Å². The molecule has 14 aromatic rings. The van der Waals surface area contributed by atoms with Gasteiger partial charge in [-0.1, -0.05) is 178 Å². The summed E-state index contributed by atoms with van der Waals surface area (Å²) in [6.07, 6.45) is 0. The lowest BCUT2D eigenvalue weighted by atomic mass is 9.81. The largest absolute Gasteiger partial charge is 0.309 e. The summed E-state index contributed by atoms with van der Waals surface area (Å²) in [5.74, 6) is 1.89. The molecule has 0 unspecified atom stereocenters. The van der Waals surface area contributed by atoms with Crippen molar-refractivity contribution in [2.45, 2.75) is 19.3 Å². The molecule has 6 heteroatoms. The maximum atomic E-state index is 5.16. The van der Waals surface area contributed by atoms with Crippen LogP contribution in [0.2, 0.25) is 0 Å². The fourth-order valence-corrected chi connectivity index (χ4v) is 12.2. The van der Waals surface area contributed by atoms with Crippen molar-refractivity contribution < 1.29 is 0 Å². The molecule has 4 aromatic heterocycles. The van der Waals surface area contributed by atoms with Crippen molar-refractivity contribution in [1.29, 1.82) is 0 Å². The average Bonchev–Trinajstić information content (AvgIpc) is 4.17. The van der Waals surface area contributed by atoms with Crippen LogP contribution in [0.25, 0.3) is 128 Å². The van der Waals surface area contributed by atoms with Crippen molar-refractivity contribution in [2.75, 3.05) is 0 Å². The second-order valence-electron chi connectivity index (χ2n) is 20.0. The van der Waals surface area contributed by atoms with Crippen LogP contribution >= 0.6 is 0 Å². The Morgan fingerprint density at radius 2 is 0.770 bits per heavy atom. The van der Waals surface area contributed by atoms with Crippen molar-refractivity contribution in [1.82, 2.24) is 28.7 Å². The number of rotatable bonds is 7. The molecule has 0 amide bonds. The SMILES string of the molecule is CC1(C)c2ccccc2-c2c1c1c3c4cc(-c5ccc6c(c5)c5ccccc5n6-c5ccccc5)ccc4n(-c4cccc(-c5nc(-c6ccccc6)nc(-c6ccccc6)n5)c4)c3ccc1n2-c1ccccc1. The molecule has 348 valence electrons. The molecule has 10 aromatic carbocycles. The Kier molecular flexibility index (Phi) is 9.20. The van der Waals surface area contributed by atoms with E-state index >= 15 is 0 Å². The van der Waals surface area contributed by atoms with Crippen molar-refractivity contribution in [3.63, 3.8) is 0 Å². The van der Waals surface area contributed by atoms with Gasteiger partial charge in [0.2, 0.25) is 0 Å². The maximum absolute atomic E-state index is 5.16. The van der Waals surface area contributed by atoms with E-state index < -0.39 is 0 Å². The lowest BCUT2D eigenvalue weighted by Crippen LogP contribution is -2.14. The van der Waals surface area contributed by atoms with E-state index in [-0.39, 0.29) is 5.41 Å². The van der Waals surface area contributed by atoms with E-state index in [2.05, 4.69) is 234 Å². The molecule has 0 saturated carbocycles. The molecule has 4 heterocycles. The normalized spacial score (nSPS) is 12.8. The smallest absolute Gasteiger partial charge is 0.164 e. The van der Waals surface area contributed by atoms with Gasteiger partial charge >= 0.3 is 0 Å². The topological polar surface area (TPSA) is 53.5 Å². The molecular formula is C68H46N6. The summed E-state index contributed by atoms with van der Waals surface area (Å²) in [4.78, 5) is 15.3.